The van der Waals surface area contributed by atoms with Crippen LogP contribution in [0.2, 0.25) is 0 Å². The molecule has 284 valence electrons. The van der Waals surface area contributed by atoms with Crippen molar-refractivity contribution in [1.29, 1.82) is 0 Å². The Morgan fingerprint density at radius 2 is 1.60 bits per heavy atom. The zero-order valence-corrected chi connectivity index (χ0v) is 29.3. The zero-order valence-electron chi connectivity index (χ0n) is 29.3. The van der Waals surface area contributed by atoms with Crippen molar-refractivity contribution in [2.45, 2.75) is 38.5 Å². The summed E-state index contributed by atoms with van der Waals surface area (Å²) >= 11 is 0. The summed E-state index contributed by atoms with van der Waals surface area (Å²) in [6.45, 7) is 0.0915. The van der Waals surface area contributed by atoms with Crippen LogP contribution >= 0.6 is 0 Å². The number of anilines is 4. The number of nitrogens with zero attached hydrogens (tertiary/aromatic N) is 4. The number of halogens is 2. The molecule has 0 radical (unpaired) electrons. The number of ether oxygens (including phenoxy) is 3. The number of aromatic amines is 2. The van der Waals surface area contributed by atoms with Crippen molar-refractivity contribution in [3.05, 3.63) is 83.2 Å². The van der Waals surface area contributed by atoms with Crippen molar-refractivity contribution < 1.29 is 42.8 Å². The molecule has 17 heteroatoms. The van der Waals surface area contributed by atoms with E-state index in [0.717, 1.165) is 46.1 Å². The van der Waals surface area contributed by atoms with E-state index >= 15 is 0 Å². The summed E-state index contributed by atoms with van der Waals surface area (Å²) in [5, 5.41) is 26.3. The van der Waals surface area contributed by atoms with Crippen molar-refractivity contribution in [3.8, 4) is 11.5 Å². The number of aliphatic hydroxyl groups is 1. The van der Waals surface area contributed by atoms with Crippen molar-refractivity contribution in [1.82, 2.24) is 29.9 Å². The lowest BCUT2D eigenvalue weighted by Gasteiger charge is -2.21. The molecule has 5 heterocycles. The minimum Gasteiger partial charge on any atom is -0.489 e. The third-order valence-corrected chi connectivity index (χ3v) is 9.96. The van der Waals surface area contributed by atoms with Crippen LogP contribution < -0.4 is 20.1 Å². The number of carboxylic acids is 1. The van der Waals surface area contributed by atoms with Crippen molar-refractivity contribution in [3.63, 3.8) is 0 Å². The quantitative estimate of drug-likeness (QED) is 0.120. The van der Waals surface area contributed by atoms with Gasteiger partial charge in [0, 0.05) is 23.5 Å². The van der Waals surface area contributed by atoms with Crippen LogP contribution in [0.4, 0.5) is 31.8 Å². The Bertz CT molecular complexity index is 2420. The third-order valence-electron chi connectivity index (χ3n) is 9.96. The molecule has 6 N–H and O–H groups in total. The maximum atomic E-state index is 13.7. The van der Waals surface area contributed by atoms with E-state index in [0.29, 0.717) is 65.7 Å². The minimum atomic E-state index is -0.815. The van der Waals surface area contributed by atoms with E-state index < -0.39 is 23.5 Å². The van der Waals surface area contributed by atoms with Crippen LogP contribution in [0.3, 0.4) is 0 Å². The molecule has 2 unspecified atom stereocenters. The van der Waals surface area contributed by atoms with Crippen LogP contribution in [0.15, 0.2) is 49.1 Å². The molecular formula is C38H36F2N8O7. The number of esters is 1. The second kappa shape index (κ2) is 15.2. The highest BCUT2D eigenvalue weighted by atomic mass is 19.1. The van der Waals surface area contributed by atoms with Gasteiger partial charge in [0.05, 0.1) is 40.6 Å². The summed E-state index contributed by atoms with van der Waals surface area (Å²) in [4.78, 5) is 47.8. The molecule has 6 aromatic rings. The van der Waals surface area contributed by atoms with Gasteiger partial charge in [-0.15, -0.1) is 0 Å². The number of cyclic esters (lactones) is 1. The van der Waals surface area contributed by atoms with E-state index in [1.165, 1.54) is 43.0 Å². The number of carbonyl (C=O) groups is 2. The van der Waals surface area contributed by atoms with Gasteiger partial charge in [0.25, 0.3) is 0 Å². The highest BCUT2D eigenvalue weighted by molar-refractivity contribution is 5.95. The van der Waals surface area contributed by atoms with Gasteiger partial charge < -0.3 is 45.0 Å². The van der Waals surface area contributed by atoms with E-state index in [2.05, 4.69) is 40.5 Å². The number of aliphatic hydroxyl groups excluding tert-OH is 1. The number of hydrogen-bond donors (Lipinski definition) is 6. The van der Waals surface area contributed by atoms with Crippen molar-refractivity contribution in [2.24, 2.45) is 11.8 Å². The molecule has 0 amide bonds. The molecule has 2 atom stereocenters. The Balaban J connectivity index is 0.000000155. The lowest BCUT2D eigenvalue weighted by atomic mass is 9.86. The molecular weight excluding hydrogens is 718 g/mol. The standard InChI is InChI=1S/C19H19FN4O4.C19H17FN4O3/c20-11-2-4-14(15(8-11)28-6-5-25)24-18-16-12-7-10(19(26)27)1-3-13(12)23-17(16)21-9-22-18;20-11-2-4-14-15(8-11)26-5-6-27-19(25)10-1-3-13-12(7-10)16-17(23-13)21-9-22-18(16)24-14/h2,4,8-10,25H,1,3,5-7H2,(H,26,27)(H2,21,22,23,24);2,4,8-10H,1,3,5-7H2,(H2,21,22,23,24). The first kappa shape index (κ1) is 35.7. The lowest BCUT2D eigenvalue weighted by Crippen LogP contribution is -2.25. The maximum Gasteiger partial charge on any atom is 0.309 e. The fraction of sp³-hybridized carbons (Fsp3) is 0.316. The molecule has 0 fully saturated rings. The summed E-state index contributed by atoms with van der Waals surface area (Å²) < 4.78 is 43.7. The highest BCUT2D eigenvalue weighted by Crippen LogP contribution is 2.39. The van der Waals surface area contributed by atoms with E-state index in [-0.39, 0.29) is 44.1 Å². The number of hydrogen-bond acceptors (Lipinski definition) is 12. The third kappa shape index (κ3) is 7.29. The van der Waals surface area contributed by atoms with Crippen LogP contribution in [0, 0.1) is 23.5 Å². The smallest absolute Gasteiger partial charge is 0.309 e. The summed E-state index contributed by atoms with van der Waals surface area (Å²) in [6, 6.07) is 8.30. The van der Waals surface area contributed by atoms with Gasteiger partial charge in [0.15, 0.2) is 0 Å². The van der Waals surface area contributed by atoms with Gasteiger partial charge in [-0.2, -0.15) is 0 Å². The van der Waals surface area contributed by atoms with Gasteiger partial charge in [0.1, 0.15) is 78.5 Å². The number of carbonyl (C=O) groups excluding carboxylic acids is 1. The predicted molar refractivity (Wildman–Crippen MR) is 195 cm³/mol. The molecule has 0 spiro atoms. The molecule has 1 aliphatic heterocycles. The Hall–Kier alpha value is -6.36. The Morgan fingerprint density at radius 1 is 0.891 bits per heavy atom. The summed E-state index contributed by atoms with van der Waals surface area (Å²) in [5.41, 5.74) is 6.36. The normalized spacial score (nSPS) is 17.5. The molecule has 0 saturated carbocycles. The minimum absolute atomic E-state index is 0.0250. The summed E-state index contributed by atoms with van der Waals surface area (Å²) in [6.07, 6.45) is 6.52. The van der Waals surface area contributed by atoms with E-state index in [4.69, 9.17) is 19.3 Å². The number of rotatable bonds is 6. The first-order chi connectivity index (χ1) is 26.7. The molecule has 2 aromatic carbocycles. The topological polar surface area (TPSA) is 209 Å². The van der Waals surface area contributed by atoms with Crippen molar-refractivity contribution >= 4 is 57.0 Å². The summed E-state index contributed by atoms with van der Waals surface area (Å²) in [5.74, 6) is -0.917. The Morgan fingerprint density at radius 3 is 2.40 bits per heavy atom. The maximum absolute atomic E-state index is 13.7. The number of aliphatic carboxylic acids is 1. The number of aromatic nitrogens is 6. The Labute approximate surface area is 311 Å². The fourth-order valence-corrected chi connectivity index (χ4v) is 7.34. The zero-order chi connectivity index (χ0) is 38.1. The van der Waals surface area contributed by atoms with Gasteiger partial charge in [-0.3, -0.25) is 9.59 Å². The second-order valence-electron chi connectivity index (χ2n) is 13.4. The van der Waals surface area contributed by atoms with Crippen LogP contribution in [0.5, 0.6) is 11.5 Å². The first-order valence-corrected chi connectivity index (χ1v) is 17.8. The average molecular weight is 755 g/mol. The predicted octanol–water partition coefficient (Wildman–Crippen LogP) is 5.28. The van der Waals surface area contributed by atoms with Gasteiger partial charge in [-0.1, -0.05) is 0 Å². The number of aryl methyl sites for hydroxylation is 2. The number of benzene rings is 2. The van der Waals surface area contributed by atoms with E-state index in [1.807, 2.05) is 0 Å². The monoisotopic (exact) mass is 754 g/mol. The van der Waals surface area contributed by atoms with Crippen molar-refractivity contribution in [2.75, 3.05) is 37.1 Å². The average Bonchev–Trinajstić information content (AvgIpc) is 3.76. The van der Waals surface area contributed by atoms with Crippen LogP contribution in [0.1, 0.15) is 35.4 Å². The molecule has 0 saturated heterocycles. The van der Waals surface area contributed by atoms with Gasteiger partial charge in [-0.25, -0.2) is 28.7 Å². The SMILES string of the molecule is O=C(O)C1CCc2[nH]c3ncnc(Nc4ccc(F)cc4OCCO)c3c2C1.O=C1OCCOc2cc(F)ccc2Nc2ncnc3[nH]c4c(c23)CC1CC4. The van der Waals surface area contributed by atoms with E-state index in [9.17, 15) is 23.5 Å². The lowest BCUT2D eigenvalue weighted by molar-refractivity contribution is -0.149. The molecule has 3 aliphatic rings. The molecule has 9 rings (SSSR count). The molecule has 55 heavy (non-hydrogen) atoms. The van der Waals surface area contributed by atoms with Gasteiger partial charge >= 0.3 is 11.9 Å². The van der Waals surface area contributed by atoms with Crippen LogP contribution in [0.25, 0.3) is 22.1 Å². The highest BCUT2D eigenvalue weighted by Gasteiger charge is 2.31. The first-order valence-electron chi connectivity index (χ1n) is 17.8. The van der Waals surface area contributed by atoms with Crippen LogP contribution in [-0.4, -0.2) is 78.5 Å². The fourth-order valence-electron chi connectivity index (χ4n) is 7.34. The second-order valence-corrected chi connectivity index (χ2v) is 13.4. The van der Waals surface area contributed by atoms with E-state index in [1.54, 1.807) is 6.07 Å². The van der Waals surface area contributed by atoms with Gasteiger partial charge in [-0.05, 0) is 73.9 Å². The number of H-pyrrole nitrogens is 2. The number of carboxylic acid groups (broad SMARTS) is 1. The summed E-state index contributed by atoms with van der Waals surface area (Å²) in [7, 11) is 0. The molecule has 2 aliphatic carbocycles. The molecule has 4 aromatic heterocycles. The van der Waals surface area contributed by atoms with Crippen LogP contribution in [-0.2, 0) is 40.0 Å². The van der Waals surface area contributed by atoms with Gasteiger partial charge in [0.2, 0.25) is 0 Å². The Kier molecular flexibility index (Phi) is 9.84. The number of nitrogens with one attached hydrogen (secondary N) is 4. The molecule has 2 bridgehead atoms. The largest absolute Gasteiger partial charge is 0.489 e. The molecule has 15 nitrogen and oxygen atoms in total. The number of fused-ring (bicyclic) bond motifs is 5.